The van der Waals surface area contributed by atoms with Gasteiger partial charge in [0.1, 0.15) is 11.3 Å². The monoisotopic (exact) mass is 473 g/mol. The van der Waals surface area contributed by atoms with E-state index in [1.807, 2.05) is 62.4 Å². The first-order valence-electron chi connectivity index (χ1n) is 10.9. The molecule has 0 radical (unpaired) electrons. The van der Waals surface area contributed by atoms with Gasteiger partial charge < -0.3 is 13.9 Å². The van der Waals surface area contributed by atoms with Crippen molar-refractivity contribution >= 4 is 43.6 Å². The summed E-state index contributed by atoms with van der Waals surface area (Å²) in [5.41, 5.74) is 3.08. The zero-order chi connectivity index (χ0) is 23.7. The van der Waals surface area contributed by atoms with Gasteiger partial charge in [-0.25, -0.2) is 4.98 Å². The van der Waals surface area contributed by atoms with Gasteiger partial charge in [-0.3, -0.25) is 14.7 Å². The predicted molar refractivity (Wildman–Crippen MR) is 133 cm³/mol. The molecule has 0 aliphatic rings. The average molecular weight is 474 g/mol. The van der Waals surface area contributed by atoms with Crippen molar-refractivity contribution in [1.29, 1.82) is 0 Å². The summed E-state index contributed by atoms with van der Waals surface area (Å²) in [5.74, 6) is 1.18. The number of carbonyl (C=O) groups excluding carboxylic acids is 1. The minimum Gasteiger partial charge on any atom is -0.494 e. The van der Waals surface area contributed by atoms with Gasteiger partial charge in [0.15, 0.2) is 22.2 Å². The molecule has 0 aliphatic heterocycles. The van der Waals surface area contributed by atoms with Crippen LogP contribution in [0.4, 0.5) is 5.13 Å². The number of aryl methyl sites for hydroxylation is 1. The van der Waals surface area contributed by atoms with E-state index in [0.29, 0.717) is 28.8 Å². The molecular formula is C26H23N3O4S. The van der Waals surface area contributed by atoms with Crippen LogP contribution < -0.4 is 14.4 Å². The number of hydrogen-bond donors (Lipinski definition) is 0. The molecule has 3 heterocycles. The first-order chi connectivity index (χ1) is 16.6. The van der Waals surface area contributed by atoms with Crippen molar-refractivity contribution in [3.05, 3.63) is 77.8 Å². The SMILES string of the molecule is CCOc1cccc2cc(C(=O)N(Cc3ccccn3)c3nc4c(OC)ccc(C)c4s3)oc12. The molecule has 0 saturated carbocycles. The van der Waals surface area contributed by atoms with Crippen LogP contribution >= 0.6 is 11.3 Å². The zero-order valence-electron chi connectivity index (χ0n) is 19.1. The topological polar surface area (TPSA) is 77.7 Å². The van der Waals surface area contributed by atoms with Crippen LogP contribution in [0, 0.1) is 6.92 Å². The van der Waals surface area contributed by atoms with Gasteiger partial charge in [0.2, 0.25) is 0 Å². The van der Waals surface area contributed by atoms with Crippen molar-refractivity contribution in [3.8, 4) is 11.5 Å². The Hall–Kier alpha value is -3.91. The first-order valence-corrected chi connectivity index (χ1v) is 11.7. The number of fused-ring (bicyclic) bond motifs is 2. The molecule has 5 rings (SSSR count). The van der Waals surface area contributed by atoms with Crippen LogP contribution in [0.5, 0.6) is 11.5 Å². The molecule has 3 aromatic heterocycles. The van der Waals surface area contributed by atoms with E-state index in [4.69, 9.17) is 18.9 Å². The number of carbonyl (C=O) groups is 1. The Labute approximate surface area is 200 Å². The van der Waals surface area contributed by atoms with Gasteiger partial charge in [0.25, 0.3) is 5.91 Å². The van der Waals surface area contributed by atoms with Crippen LogP contribution in [0.1, 0.15) is 28.7 Å². The second-order valence-corrected chi connectivity index (χ2v) is 8.67. The Balaban J connectivity index is 1.61. The van der Waals surface area contributed by atoms with Crippen LogP contribution in [0.2, 0.25) is 0 Å². The van der Waals surface area contributed by atoms with Crippen molar-refractivity contribution in [2.75, 3.05) is 18.6 Å². The summed E-state index contributed by atoms with van der Waals surface area (Å²) in [6, 6.07) is 16.8. The number of amides is 1. The zero-order valence-corrected chi connectivity index (χ0v) is 19.9. The highest BCUT2D eigenvalue weighted by atomic mass is 32.1. The van der Waals surface area contributed by atoms with Gasteiger partial charge in [0, 0.05) is 11.6 Å². The lowest BCUT2D eigenvalue weighted by atomic mass is 10.2. The van der Waals surface area contributed by atoms with Gasteiger partial charge in [-0.05, 0) is 49.7 Å². The number of nitrogens with zero attached hydrogens (tertiary/aromatic N) is 3. The molecule has 8 heteroatoms. The third kappa shape index (κ3) is 3.97. The number of benzene rings is 2. The quantitative estimate of drug-likeness (QED) is 0.288. The van der Waals surface area contributed by atoms with Crippen LogP contribution in [-0.2, 0) is 6.54 Å². The van der Waals surface area contributed by atoms with Gasteiger partial charge >= 0.3 is 0 Å². The second-order valence-electron chi connectivity index (χ2n) is 7.69. The van der Waals surface area contributed by atoms with Crippen LogP contribution in [0.25, 0.3) is 21.2 Å². The highest BCUT2D eigenvalue weighted by Crippen LogP contribution is 2.38. The molecule has 0 aliphatic carbocycles. The molecule has 1 amide bonds. The summed E-state index contributed by atoms with van der Waals surface area (Å²) in [6.07, 6.45) is 1.71. The van der Waals surface area contributed by atoms with E-state index in [-0.39, 0.29) is 18.2 Å². The fourth-order valence-corrected chi connectivity index (χ4v) is 4.85. The number of aromatic nitrogens is 2. The van der Waals surface area contributed by atoms with E-state index in [2.05, 4.69) is 4.98 Å². The minimum absolute atomic E-state index is 0.209. The van der Waals surface area contributed by atoms with Crippen molar-refractivity contribution in [1.82, 2.24) is 9.97 Å². The molecule has 0 bridgehead atoms. The molecule has 7 nitrogen and oxygen atoms in total. The third-order valence-corrected chi connectivity index (χ3v) is 6.67. The molecule has 0 saturated heterocycles. The lowest BCUT2D eigenvalue weighted by molar-refractivity contribution is 0.0960. The maximum absolute atomic E-state index is 13.8. The fourth-order valence-electron chi connectivity index (χ4n) is 3.80. The van der Waals surface area contributed by atoms with E-state index >= 15 is 0 Å². The number of para-hydroxylation sites is 1. The molecule has 34 heavy (non-hydrogen) atoms. The van der Waals surface area contributed by atoms with Crippen molar-refractivity contribution in [2.24, 2.45) is 0 Å². The minimum atomic E-state index is -0.306. The predicted octanol–water partition coefficient (Wildman–Crippen LogP) is 6.00. The number of anilines is 1. The highest BCUT2D eigenvalue weighted by Gasteiger charge is 2.26. The Bertz CT molecular complexity index is 1480. The van der Waals surface area contributed by atoms with Gasteiger partial charge in [-0.15, -0.1) is 0 Å². The number of hydrogen-bond acceptors (Lipinski definition) is 7. The number of rotatable bonds is 7. The first kappa shape index (κ1) is 21.9. The Morgan fingerprint density at radius 1 is 1.12 bits per heavy atom. The molecular weight excluding hydrogens is 450 g/mol. The molecule has 0 atom stereocenters. The van der Waals surface area contributed by atoms with Crippen molar-refractivity contribution < 1.29 is 18.7 Å². The Morgan fingerprint density at radius 2 is 2.00 bits per heavy atom. The largest absolute Gasteiger partial charge is 0.494 e. The maximum Gasteiger partial charge on any atom is 0.296 e. The number of pyridine rings is 1. The van der Waals surface area contributed by atoms with Crippen LogP contribution in [-0.4, -0.2) is 29.6 Å². The summed E-state index contributed by atoms with van der Waals surface area (Å²) in [6.45, 7) is 4.67. The number of thiazole rings is 1. The smallest absolute Gasteiger partial charge is 0.296 e. The second kappa shape index (κ2) is 9.15. The summed E-state index contributed by atoms with van der Waals surface area (Å²) < 4.78 is 18.2. The lowest BCUT2D eigenvalue weighted by Crippen LogP contribution is -2.30. The van der Waals surface area contributed by atoms with Crippen molar-refractivity contribution in [2.45, 2.75) is 20.4 Å². The maximum atomic E-state index is 13.8. The highest BCUT2D eigenvalue weighted by molar-refractivity contribution is 7.22. The number of ether oxygens (including phenoxy) is 2. The van der Waals surface area contributed by atoms with Gasteiger partial charge in [0.05, 0.1) is 30.7 Å². The van der Waals surface area contributed by atoms with Gasteiger partial charge in [-0.1, -0.05) is 35.6 Å². The fraction of sp³-hybridized carbons (Fsp3) is 0.192. The molecule has 0 spiro atoms. The van der Waals surface area contributed by atoms with Crippen LogP contribution in [0.15, 0.2) is 65.2 Å². The van der Waals surface area contributed by atoms with E-state index < -0.39 is 0 Å². The summed E-state index contributed by atoms with van der Waals surface area (Å²) in [5, 5.41) is 1.35. The van der Waals surface area contributed by atoms with E-state index in [1.165, 1.54) is 11.3 Å². The van der Waals surface area contributed by atoms with E-state index in [1.54, 1.807) is 24.3 Å². The third-order valence-electron chi connectivity index (χ3n) is 5.45. The van der Waals surface area contributed by atoms with E-state index in [9.17, 15) is 4.79 Å². The standard InChI is InChI=1S/C26H23N3O4S/c1-4-32-20-10-7-8-17-14-21(33-23(17)20)25(30)29(15-18-9-5-6-13-27-18)26-28-22-19(31-3)12-11-16(2)24(22)34-26/h5-14H,4,15H2,1-3H3. The Morgan fingerprint density at radius 3 is 2.76 bits per heavy atom. The normalized spacial score (nSPS) is 11.1. The van der Waals surface area contributed by atoms with Crippen LogP contribution in [0.3, 0.4) is 0 Å². The molecule has 5 aromatic rings. The average Bonchev–Trinajstić information content (AvgIpc) is 3.49. The Kier molecular flexibility index (Phi) is 5.90. The summed E-state index contributed by atoms with van der Waals surface area (Å²) in [4.78, 5) is 24.6. The van der Waals surface area contributed by atoms with Crippen molar-refractivity contribution in [3.63, 3.8) is 0 Å². The number of methoxy groups -OCH3 is 1. The molecule has 0 N–H and O–H groups in total. The van der Waals surface area contributed by atoms with E-state index in [0.717, 1.165) is 26.9 Å². The molecule has 0 fully saturated rings. The van der Waals surface area contributed by atoms with Gasteiger partial charge in [-0.2, -0.15) is 0 Å². The molecule has 0 unspecified atom stereocenters. The summed E-state index contributed by atoms with van der Waals surface area (Å²) >= 11 is 1.44. The lowest BCUT2D eigenvalue weighted by Gasteiger charge is -2.18. The molecule has 172 valence electrons. The summed E-state index contributed by atoms with van der Waals surface area (Å²) in [7, 11) is 1.62. The number of furan rings is 1. The molecule has 2 aromatic carbocycles.